The topological polar surface area (TPSA) is 38.9 Å². The molecule has 2 heteroatoms. The van der Waals surface area contributed by atoms with Gasteiger partial charge in [0, 0.05) is 23.9 Å². The molecule has 0 fully saturated rings. The van der Waals surface area contributed by atoms with E-state index in [2.05, 4.69) is 44.0 Å². The fourth-order valence-corrected chi connectivity index (χ4v) is 3.91. The average Bonchev–Trinajstić information content (AvgIpc) is 2.45. The SMILES string of the molecule is Cc1cc(C)c(C(N)C2CCCc3cccnc32)c(C)c1. The number of pyridine rings is 1. The summed E-state index contributed by atoms with van der Waals surface area (Å²) >= 11 is 0. The van der Waals surface area contributed by atoms with E-state index in [9.17, 15) is 0 Å². The van der Waals surface area contributed by atoms with Gasteiger partial charge in [0.25, 0.3) is 0 Å². The van der Waals surface area contributed by atoms with E-state index >= 15 is 0 Å². The molecule has 1 aliphatic rings. The number of nitrogens with two attached hydrogens (primary N) is 1. The summed E-state index contributed by atoms with van der Waals surface area (Å²) in [7, 11) is 0. The largest absolute Gasteiger partial charge is 0.323 e. The van der Waals surface area contributed by atoms with Crippen molar-refractivity contribution in [2.75, 3.05) is 0 Å². The number of hydrogen-bond donors (Lipinski definition) is 1. The quantitative estimate of drug-likeness (QED) is 0.898. The van der Waals surface area contributed by atoms with Crippen LogP contribution < -0.4 is 5.73 Å². The number of fused-ring (bicyclic) bond motifs is 1. The second kappa shape index (κ2) is 5.61. The Morgan fingerprint density at radius 2 is 1.90 bits per heavy atom. The molecule has 0 spiro atoms. The van der Waals surface area contributed by atoms with E-state index < -0.39 is 0 Å². The number of rotatable bonds is 2. The van der Waals surface area contributed by atoms with Gasteiger partial charge in [0.05, 0.1) is 0 Å². The molecule has 2 aromatic rings. The van der Waals surface area contributed by atoms with Crippen molar-refractivity contribution in [3.8, 4) is 0 Å². The Hall–Kier alpha value is -1.67. The Kier molecular flexibility index (Phi) is 3.81. The van der Waals surface area contributed by atoms with Gasteiger partial charge in [-0.3, -0.25) is 4.98 Å². The monoisotopic (exact) mass is 280 g/mol. The summed E-state index contributed by atoms with van der Waals surface area (Å²) in [5.41, 5.74) is 14.5. The zero-order valence-electron chi connectivity index (χ0n) is 13.2. The fraction of sp³-hybridized carbons (Fsp3) is 0.421. The molecule has 110 valence electrons. The highest BCUT2D eigenvalue weighted by Gasteiger charge is 2.29. The normalized spacial score (nSPS) is 19.1. The van der Waals surface area contributed by atoms with Gasteiger partial charge in [0.15, 0.2) is 0 Å². The standard InChI is InChI=1S/C19H24N2/c1-12-10-13(2)17(14(3)11-12)18(20)16-8-4-6-15-7-5-9-21-19(15)16/h5,7,9-11,16,18H,4,6,8,20H2,1-3H3. The first-order chi connectivity index (χ1) is 10.1. The predicted octanol–water partition coefficient (Wildman–Crippen LogP) is 4.13. The van der Waals surface area contributed by atoms with E-state index in [-0.39, 0.29) is 6.04 Å². The summed E-state index contributed by atoms with van der Waals surface area (Å²) in [6.45, 7) is 6.50. The Morgan fingerprint density at radius 1 is 1.19 bits per heavy atom. The van der Waals surface area contributed by atoms with Gasteiger partial charge in [-0.2, -0.15) is 0 Å². The number of hydrogen-bond acceptors (Lipinski definition) is 2. The lowest BCUT2D eigenvalue weighted by Gasteiger charge is -2.31. The zero-order chi connectivity index (χ0) is 15.0. The van der Waals surface area contributed by atoms with Gasteiger partial charge in [-0.25, -0.2) is 0 Å². The van der Waals surface area contributed by atoms with E-state index in [0.29, 0.717) is 5.92 Å². The van der Waals surface area contributed by atoms with E-state index in [0.717, 1.165) is 12.8 Å². The van der Waals surface area contributed by atoms with Gasteiger partial charge in [0.2, 0.25) is 0 Å². The molecule has 0 amide bonds. The second-order valence-corrected chi connectivity index (χ2v) is 6.38. The summed E-state index contributed by atoms with van der Waals surface area (Å²) in [5.74, 6) is 0.343. The van der Waals surface area contributed by atoms with E-state index in [4.69, 9.17) is 5.73 Å². The molecule has 2 N–H and O–H groups in total. The van der Waals surface area contributed by atoms with Crippen LogP contribution in [0.1, 0.15) is 58.3 Å². The average molecular weight is 280 g/mol. The molecule has 1 aromatic carbocycles. The van der Waals surface area contributed by atoms with Crippen LogP contribution in [-0.2, 0) is 6.42 Å². The molecule has 1 aromatic heterocycles. The Balaban J connectivity index is 2.03. The lowest BCUT2D eigenvalue weighted by molar-refractivity contribution is 0.460. The van der Waals surface area contributed by atoms with Gasteiger partial charge in [-0.1, -0.05) is 23.8 Å². The molecule has 0 aliphatic heterocycles. The maximum Gasteiger partial charge on any atom is 0.0485 e. The minimum Gasteiger partial charge on any atom is -0.323 e. The molecule has 0 radical (unpaired) electrons. The first-order valence-corrected chi connectivity index (χ1v) is 7.85. The lowest BCUT2D eigenvalue weighted by Crippen LogP contribution is -2.26. The van der Waals surface area contributed by atoms with Crippen molar-refractivity contribution in [1.29, 1.82) is 0 Å². The number of benzene rings is 1. The van der Waals surface area contributed by atoms with Crippen molar-refractivity contribution >= 4 is 0 Å². The highest BCUT2D eigenvalue weighted by molar-refractivity contribution is 5.42. The van der Waals surface area contributed by atoms with Gasteiger partial charge >= 0.3 is 0 Å². The van der Waals surface area contributed by atoms with Crippen LogP contribution in [-0.4, -0.2) is 4.98 Å². The van der Waals surface area contributed by atoms with E-state index in [1.54, 1.807) is 0 Å². The van der Waals surface area contributed by atoms with Gasteiger partial charge < -0.3 is 5.73 Å². The summed E-state index contributed by atoms with van der Waals surface area (Å²) in [6, 6.07) is 8.76. The van der Waals surface area contributed by atoms with Crippen molar-refractivity contribution in [1.82, 2.24) is 4.98 Å². The number of aromatic nitrogens is 1. The van der Waals surface area contributed by atoms with Crippen LogP contribution in [0.15, 0.2) is 30.5 Å². The van der Waals surface area contributed by atoms with Crippen LogP contribution in [0.25, 0.3) is 0 Å². The van der Waals surface area contributed by atoms with Gasteiger partial charge in [-0.05, 0) is 68.4 Å². The van der Waals surface area contributed by atoms with Gasteiger partial charge in [0.1, 0.15) is 0 Å². The molecular weight excluding hydrogens is 256 g/mol. The minimum absolute atomic E-state index is 0.0412. The van der Waals surface area contributed by atoms with Crippen LogP contribution in [0.3, 0.4) is 0 Å². The van der Waals surface area contributed by atoms with Crippen molar-refractivity contribution in [2.24, 2.45) is 5.73 Å². The van der Waals surface area contributed by atoms with Crippen LogP contribution in [0.5, 0.6) is 0 Å². The molecule has 2 atom stereocenters. The van der Waals surface area contributed by atoms with Crippen molar-refractivity contribution in [3.05, 3.63) is 64.0 Å². The summed E-state index contributed by atoms with van der Waals surface area (Å²) < 4.78 is 0. The Bertz CT molecular complexity index is 637. The highest BCUT2D eigenvalue weighted by atomic mass is 14.7. The van der Waals surface area contributed by atoms with Crippen molar-refractivity contribution in [3.63, 3.8) is 0 Å². The van der Waals surface area contributed by atoms with E-state index in [1.807, 2.05) is 12.3 Å². The Labute approximate surface area is 127 Å². The molecule has 21 heavy (non-hydrogen) atoms. The summed E-state index contributed by atoms with van der Waals surface area (Å²) in [6.07, 6.45) is 5.38. The number of nitrogens with zero attached hydrogens (tertiary/aromatic N) is 1. The van der Waals surface area contributed by atoms with E-state index in [1.165, 1.54) is 39.9 Å². The second-order valence-electron chi connectivity index (χ2n) is 6.38. The lowest BCUT2D eigenvalue weighted by atomic mass is 9.78. The highest BCUT2D eigenvalue weighted by Crippen LogP contribution is 2.39. The third-order valence-electron chi connectivity index (χ3n) is 4.74. The van der Waals surface area contributed by atoms with Crippen molar-refractivity contribution < 1.29 is 0 Å². The molecule has 0 bridgehead atoms. The molecule has 0 saturated heterocycles. The van der Waals surface area contributed by atoms with Gasteiger partial charge in [-0.15, -0.1) is 0 Å². The third kappa shape index (κ3) is 2.60. The molecule has 1 aliphatic carbocycles. The van der Waals surface area contributed by atoms with Crippen LogP contribution in [0.4, 0.5) is 0 Å². The summed E-state index contributed by atoms with van der Waals surface area (Å²) in [4.78, 5) is 4.64. The predicted molar refractivity (Wildman–Crippen MR) is 87.5 cm³/mol. The smallest absolute Gasteiger partial charge is 0.0485 e. The maximum absolute atomic E-state index is 6.70. The minimum atomic E-state index is 0.0412. The molecule has 1 heterocycles. The molecule has 2 nitrogen and oxygen atoms in total. The molecule has 3 rings (SSSR count). The maximum atomic E-state index is 6.70. The van der Waals surface area contributed by atoms with Crippen molar-refractivity contribution in [2.45, 2.75) is 52.0 Å². The first-order valence-electron chi connectivity index (χ1n) is 7.85. The van der Waals surface area contributed by atoms with Crippen LogP contribution in [0, 0.1) is 20.8 Å². The third-order valence-corrected chi connectivity index (χ3v) is 4.74. The first kappa shape index (κ1) is 14.3. The van der Waals surface area contributed by atoms with Crippen LogP contribution in [0.2, 0.25) is 0 Å². The number of aryl methyl sites for hydroxylation is 4. The molecule has 0 saturated carbocycles. The fourth-order valence-electron chi connectivity index (χ4n) is 3.91. The Morgan fingerprint density at radius 3 is 2.62 bits per heavy atom. The summed E-state index contributed by atoms with van der Waals surface area (Å²) in [5, 5.41) is 0. The van der Waals surface area contributed by atoms with Crippen LogP contribution >= 0.6 is 0 Å². The molecular formula is C19H24N2. The molecule has 2 unspecified atom stereocenters. The zero-order valence-corrected chi connectivity index (χ0v) is 13.2.